The highest BCUT2D eigenvalue weighted by Gasteiger charge is 2.72. The molecule has 0 aromatic rings. The van der Waals surface area contributed by atoms with Crippen molar-refractivity contribution in [3.8, 4) is 0 Å². The monoisotopic (exact) mass is 477 g/mol. The third-order valence-electron chi connectivity index (χ3n) is 8.51. The number of allylic oxidation sites excluding steroid dienone is 1. The molecule has 2 saturated heterocycles. The van der Waals surface area contributed by atoms with Crippen molar-refractivity contribution in [2.75, 3.05) is 13.7 Å². The zero-order valence-corrected chi connectivity index (χ0v) is 21.6. The molecular formula is C27H43NO6. The summed E-state index contributed by atoms with van der Waals surface area (Å²) < 4.78 is 24.3. The van der Waals surface area contributed by atoms with E-state index in [0.29, 0.717) is 18.8 Å². The molecule has 0 aromatic heterocycles. The Kier molecular flexibility index (Phi) is 7.75. The zero-order chi connectivity index (χ0) is 24.5. The van der Waals surface area contributed by atoms with E-state index >= 15 is 0 Å². The fraction of sp³-hybridized carbons (Fsp3) is 0.852. The van der Waals surface area contributed by atoms with Crippen molar-refractivity contribution >= 4 is 11.9 Å². The van der Waals surface area contributed by atoms with E-state index in [2.05, 4.69) is 32.2 Å². The standard InChI is InChI=1S/C27H43NO6/c1-6-22(29)28-19-10-8-18(9-11-19)15-23(30)33-20-13-14-27(16-32-27)25(24(20)31-5)26(4)21(34-26)12-7-17(2)3/h7,18-21,24-25H,6,8-16H2,1-5H3,(H,28,29)/t18?,19?,20?,21-,24?,25?,26?,27+/m1/s1. The second-order valence-corrected chi connectivity index (χ2v) is 11.2. The van der Waals surface area contributed by atoms with Crippen molar-refractivity contribution in [2.45, 2.75) is 121 Å². The highest BCUT2D eigenvalue weighted by molar-refractivity contribution is 5.75. The summed E-state index contributed by atoms with van der Waals surface area (Å²) in [6.45, 7) is 8.97. The van der Waals surface area contributed by atoms with Crippen molar-refractivity contribution in [2.24, 2.45) is 11.8 Å². The Hall–Kier alpha value is -1.44. The van der Waals surface area contributed by atoms with Gasteiger partial charge in [-0.1, -0.05) is 18.6 Å². The number of hydrogen-bond donors (Lipinski definition) is 1. The Morgan fingerprint density at radius 3 is 2.44 bits per heavy atom. The van der Waals surface area contributed by atoms with Crippen LogP contribution in [0.15, 0.2) is 11.6 Å². The van der Waals surface area contributed by atoms with Gasteiger partial charge in [0.1, 0.15) is 23.4 Å². The average molecular weight is 478 g/mol. The van der Waals surface area contributed by atoms with E-state index in [4.69, 9.17) is 18.9 Å². The summed E-state index contributed by atoms with van der Waals surface area (Å²) in [6, 6.07) is 0.241. The molecule has 4 rings (SSSR count). The molecule has 2 heterocycles. The van der Waals surface area contributed by atoms with E-state index in [1.165, 1.54) is 5.57 Å². The summed E-state index contributed by atoms with van der Waals surface area (Å²) in [4.78, 5) is 24.6. The summed E-state index contributed by atoms with van der Waals surface area (Å²) in [5.41, 5.74) is 0.755. The first-order valence-corrected chi connectivity index (χ1v) is 13.2. The first-order valence-electron chi connectivity index (χ1n) is 13.2. The van der Waals surface area contributed by atoms with Gasteiger partial charge in [-0.3, -0.25) is 9.59 Å². The van der Waals surface area contributed by atoms with Crippen LogP contribution in [0.2, 0.25) is 0 Å². The number of amides is 1. The predicted octanol–water partition coefficient (Wildman–Crippen LogP) is 4.08. The Morgan fingerprint density at radius 1 is 1.15 bits per heavy atom. The van der Waals surface area contributed by atoms with Crippen molar-refractivity contribution in [1.29, 1.82) is 0 Å². The van der Waals surface area contributed by atoms with Crippen LogP contribution in [0.1, 0.15) is 85.5 Å². The molecule has 4 fully saturated rings. The SMILES string of the molecule is CCC(=O)NC1CCC(CC(=O)OC2CC[C@]3(CO3)C(C3(C)O[C@@H]3CC=C(C)C)C2OC)CC1. The second kappa shape index (κ2) is 10.3. The fourth-order valence-electron chi connectivity index (χ4n) is 6.36. The molecule has 6 atom stereocenters. The number of carbonyl (C=O) groups excluding carboxylic acids is 2. The first kappa shape index (κ1) is 25.6. The van der Waals surface area contributed by atoms with E-state index in [1.807, 2.05) is 6.92 Å². The van der Waals surface area contributed by atoms with Crippen LogP contribution in [-0.2, 0) is 28.5 Å². The van der Waals surface area contributed by atoms with Gasteiger partial charge >= 0.3 is 5.97 Å². The lowest BCUT2D eigenvalue weighted by Gasteiger charge is -2.42. The highest BCUT2D eigenvalue weighted by Crippen LogP contribution is 2.59. The molecular weight excluding hydrogens is 434 g/mol. The lowest BCUT2D eigenvalue weighted by Crippen LogP contribution is -2.55. The number of rotatable bonds is 9. The van der Waals surface area contributed by atoms with Crippen LogP contribution >= 0.6 is 0 Å². The van der Waals surface area contributed by atoms with Crippen LogP contribution in [0.4, 0.5) is 0 Å². The Labute approximate surface area is 204 Å². The van der Waals surface area contributed by atoms with Gasteiger partial charge in [0.25, 0.3) is 0 Å². The molecule has 1 N–H and O–H groups in total. The number of epoxide rings is 2. The Bertz CT molecular complexity index is 780. The largest absolute Gasteiger partial charge is 0.460 e. The third-order valence-corrected chi connectivity index (χ3v) is 8.51. The van der Waals surface area contributed by atoms with Gasteiger partial charge in [0, 0.05) is 26.0 Å². The smallest absolute Gasteiger partial charge is 0.306 e. The van der Waals surface area contributed by atoms with Gasteiger partial charge in [0.2, 0.25) is 5.91 Å². The Balaban J connectivity index is 1.32. The summed E-state index contributed by atoms with van der Waals surface area (Å²) in [5, 5.41) is 3.08. The highest BCUT2D eigenvalue weighted by atomic mass is 16.6. The second-order valence-electron chi connectivity index (χ2n) is 11.2. The van der Waals surface area contributed by atoms with E-state index < -0.39 is 0 Å². The molecule has 4 unspecified atom stereocenters. The topological polar surface area (TPSA) is 89.7 Å². The van der Waals surface area contributed by atoms with Gasteiger partial charge in [-0.25, -0.2) is 0 Å². The molecule has 1 amide bonds. The molecule has 4 aliphatic rings. The molecule has 0 aromatic carbocycles. The molecule has 2 aliphatic heterocycles. The summed E-state index contributed by atoms with van der Waals surface area (Å²) >= 11 is 0. The maximum absolute atomic E-state index is 12.9. The first-order chi connectivity index (χ1) is 16.2. The van der Waals surface area contributed by atoms with Gasteiger partial charge in [0.15, 0.2) is 0 Å². The molecule has 2 aliphatic carbocycles. The number of esters is 1. The van der Waals surface area contributed by atoms with Crippen molar-refractivity contribution < 1.29 is 28.5 Å². The van der Waals surface area contributed by atoms with Crippen LogP contribution < -0.4 is 5.32 Å². The lowest BCUT2D eigenvalue weighted by atomic mass is 9.68. The maximum Gasteiger partial charge on any atom is 0.306 e. The predicted molar refractivity (Wildman–Crippen MR) is 128 cm³/mol. The molecule has 2 saturated carbocycles. The van der Waals surface area contributed by atoms with Gasteiger partial charge in [-0.2, -0.15) is 0 Å². The molecule has 1 spiro atoms. The van der Waals surface area contributed by atoms with Gasteiger partial charge in [-0.15, -0.1) is 0 Å². The van der Waals surface area contributed by atoms with Crippen LogP contribution in [0.3, 0.4) is 0 Å². The summed E-state index contributed by atoms with van der Waals surface area (Å²) in [6.07, 6.45) is 9.06. The summed E-state index contributed by atoms with van der Waals surface area (Å²) in [5.74, 6) is 0.333. The van der Waals surface area contributed by atoms with Crippen LogP contribution in [0, 0.1) is 11.8 Å². The number of hydrogen-bond acceptors (Lipinski definition) is 6. The molecule has 192 valence electrons. The van der Waals surface area contributed by atoms with Crippen LogP contribution in [-0.4, -0.2) is 61.1 Å². The minimum Gasteiger partial charge on any atom is -0.460 e. The van der Waals surface area contributed by atoms with Crippen molar-refractivity contribution in [3.63, 3.8) is 0 Å². The van der Waals surface area contributed by atoms with Crippen LogP contribution in [0.25, 0.3) is 0 Å². The minimum atomic E-state index is -0.324. The summed E-state index contributed by atoms with van der Waals surface area (Å²) in [7, 11) is 1.71. The molecule has 0 bridgehead atoms. The van der Waals surface area contributed by atoms with Crippen LogP contribution in [0.5, 0.6) is 0 Å². The zero-order valence-electron chi connectivity index (χ0n) is 21.6. The number of ether oxygens (including phenoxy) is 4. The van der Waals surface area contributed by atoms with E-state index in [0.717, 1.165) is 51.6 Å². The van der Waals surface area contributed by atoms with Gasteiger partial charge in [-0.05, 0) is 71.6 Å². The third kappa shape index (κ3) is 5.52. The Morgan fingerprint density at radius 2 is 1.85 bits per heavy atom. The van der Waals surface area contributed by atoms with Gasteiger partial charge < -0.3 is 24.3 Å². The molecule has 7 heteroatoms. The fourth-order valence-corrected chi connectivity index (χ4v) is 6.36. The molecule has 0 radical (unpaired) electrons. The van der Waals surface area contributed by atoms with E-state index in [9.17, 15) is 9.59 Å². The number of methoxy groups -OCH3 is 1. The van der Waals surface area contributed by atoms with Crippen molar-refractivity contribution in [3.05, 3.63) is 11.6 Å². The number of carbonyl (C=O) groups is 2. The molecule has 7 nitrogen and oxygen atoms in total. The van der Waals surface area contributed by atoms with Crippen molar-refractivity contribution in [1.82, 2.24) is 5.32 Å². The average Bonchev–Trinajstić information content (AvgIpc) is 3.72. The van der Waals surface area contributed by atoms with E-state index in [1.54, 1.807) is 7.11 Å². The number of nitrogens with one attached hydrogen (secondary N) is 1. The molecule has 34 heavy (non-hydrogen) atoms. The van der Waals surface area contributed by atoms with Gasteiger partial charge in [0.05, 0.1) is 18.6 Å². The quantitative estimate of drug-likeness (QED) is 0.306. The maximum atomic E-state index is 12.9. The minimum absolute atomic E-state index is 0.0460. The normalized spacial score (nSPS) is 41.0. The lowest BCUT2D eigenvalue weighted by molar-refractivity contribution is -0.173. The van der Waals surface area contributed by atoms with E-state index in [-0.39, 0.29) is 53.4 Å².